The van der Waals surface area contributed by atoms with Crippen molar-refractivity contribution in [3.8, 4) is 0 Å². The van der Waals surface area contributed by atoms with Crippen molar-refractivity contribution in [3.63, 3.8) is 0 Å². The maximum absolute atomic E-state index is 13.1. The number of phosphoric ester groups is 2. The number of allylic oxidation sites excluding steroid dienone is 14. The van der Waals surface area contributed by atoms with E-state index in [0.29, 0.717) is 25.7 Å². The van der Waals surface area contributed by atoms with Crippen LogP contribution < -0.4 is 0 Å². The van der Waals surface area contributed by atoms with E-state index in [2.05, 4.69) is 113 Å². The highest BCUT2D eigenvalue weighted by Gasteiger charge is 2.30. The second-order valence-electron chi connectivity index (χ2n) is 25.9. The van der Waals surface area contributed by atoms with Gasteiger partial charge in [-0.15, -0.1) is 0 Å². The standard InChI is InChI=1S/C79H140O17P2/c1-5-9-13-17-21-25-29-33-35-36-38-42-44-48-52-56-60-64-77(82)90-70-75(96-79(84)66-62-58-54-50-46-40-32-28-24-20-16-12-8-4)72-94-98(87,88)92-68-73(80)67-91-97(85,86)93-71-74(95-78(83)65-61-57-53-49-45-39-31-27-23-19-15-11-7-3)69-89-76(81)63-59-55-51-47-43-41-37-34-30-26-22-18-14-10-6-2/h9-10,13-14,21-22,25-26,33-35,37,43,47,73-75,80H,5-8,11-12,15-20,23-24,27-32,36,38-42,44-46,48-72H2,1-4H3,(H,85,86)(H,87,88)/b13-9-,14-10-,25-21-,26-22-,35-33-,37-34-,47-43-. The van der Waals surface area contributed by atoms with E-state index < -0.39 is 97.5 Å². The molecule has 0 aromatic heterocycles. The van der Waals surface area contributed by atoms with E-state index in [0.717, 1.165) is 154 Å². The van der Waals surface area contributed by atoms with Crippen LogP contribution in [0.3, 0.4) is 0 Å². The van der Waals surface area contributed by atoms with Crippen LogP contribution in [-0.2, 0) is 65.4 Å². The molecule has 0 radical (unpaired) electrons. The highest BCUT2D eigenvalue weighted by Crippen LogP contribution is 2.45. The number of esters is 4. The van der Waals surface area contributed by atoms with Gasteiger partial charge in [-0.25, -0.2) is 9.13 Å². The second kappa shape index (κ2) is 71.6. The van der Waals surface area contributed by atoms with Crippen molar-refractivity contribution in [3.05, 3.63) is 85.1 Å². The molecule has 0 amide bonds. The zero-order valence-corrected chi connectivity index (χ0v) is 63.7. The minimum Gasteiger partial charge on any atom is -0.462 e. The molecule has 5 atom stereocenters. The number of ether oxygens (including phenoxy) is 4. The summed E-state index contributed by atoms with van der Waals surface area (Å²) in [6.07, 6.45) is 72.8. The summed E-state index contributed by atoms with van der Waals surface area (Å²) < 4.78 is 68.5. The van der Waals surface area contributed by atoms with Gasteiger partial charge >= 0.3 is 39.5 Å². The van der Waals surface area contributed by atoms with E-state index in [1.165, 1.54) is 103 Å². The lowest BCUT2D eigenvalue weighted by molar-refractivity contribution is -0.161. The van der Waals surface area contributed by atoms with Gasteiger partial charge < -0.3 is 33.8 Å². The van der Waals surface area contributed by atoms with Crippen LogP contribution in [0, 0.1) is 0 Å². The van der Waals surface area contributed by atoms with E-state index in [9.17, 15) is 43.2 Å². The molecule has 98 heavy (non-hydrogen) atoms. The molecule has 0 heterocycles. The zero-order valence-electron chi connectivity index (χ0n) is 62.0. The Bertz CT molecular complexity index is 2190. The lowest BCUT2D eigenvalue weighted by Crippen LogP contribution is -2.30. The quantitative estimate of drug-likeness (QED) is 0.0169. The van der Waals surface area contributed by atoms with Crippen molar-refractivity contribution in [2.45, 2.75) is 354 Å². The number of aliphatic hydroxyl groups excluding tert-OH is 1. The van der Waals surface area contributed by atoms with Gasteiger partial charge in [0.25, 0.3) is 0 Å². The van der Waals surface area contributed by atoms with Crippen molar-refractivity contribution in [2.75, 3.05) is 39.6 Å². The first-order chi connectivity index (χ1) is 47.7. The van der Waals surface area contributed by atoms with Crippen molar-refractivity contribution in [2.24, 2.45) is 0 Å². The molecule has 0 aromatic carbocycles. The van der Waals surface area contributed by atoms with Gasteiger partial charge in [0.05, 0.1) is 26.4 Å². The largest absolute Gasteiger partial charge is 0.472 e. The average molecular weight is 1420 g/mol. The molecule has 0 saturated carbocycles. The summed E-state index contributed by atoms with van der Waals surface area (Å²) in [6.45, 7) is 4.64. The fraction of sp³-hybridized carbons (Fsp3) is 0.772. The third kappa shape index (κ3) is 70.7. The van der Waals surface area contributed by atoms with E-state index in [1.807, 2.05) is 0 Å². The molecule has 0 saturated heterocycles. The number of rotatable bonds is 73. The highest BCUT2D eigenvalue weighted by atomic mass is 31.2. The number of phosphoric acid groups is 2. The topological polar surface area (TPSA) is 237 Å². The summed E-state index contributed by atoms with van der Waals surface area (Å²) in [5.41, 5.74) is 0. The summed E-state index contributed by atoms with van der Waals surface area (Å²) in [4.78, 5) is 72.9. The molecule has 3 N–H and O–H groups in total. The van der Waals surface area contributed by atoms with E-state index in [1.54, 1.807) is 0 Å². The summed E-state index contributed by atoms with van der Waals surface area (Å²) in [5, 5.41) is 10.6. The molecule has 0 bridgehead atoms. The molecule has 17 nitrogen and oxygen atoms in total. The third-order valence-electron chi connectivity index (χ3n) is 16.4. The Morgan fingerprint density at radius 1 is 0.296 bits per heavy atom. The molecular weight excluding hydrogens is 1280 g/mol. The van der Waals surface area contributed by atoms with Crippen LogP contribution in [0.5, 0.6) is 0 Å². The average Bonchev–Trinajstić information content (AvgIpc) is 0.971. The normalized spacial score (nSPS) is 14.4. The van der Waals surface area contributed by atoms with Crippen LogP contribution in [0.25, 0.3) is 0 Å². The Morgan fingerprint density at radius 3 is 0.837 bits per heavy atom. The summed E-state index contributed by atoms with van der Waals surface area (Å²) in [6, 6.07) is 0. The lowest BCUT2D eigenvalue weighted by Gasteiger charge is -2.21. The maximum Gasteiger partial charge on any atom is 0.472 e. The number of carbonyl (C=O) groups excluding carboxylic acids is 4. The Kier molecular flexibility index (Phi) is 68.9. The third-order valence-corrected chi connectivity index (χ3v) is 18.3. The van der Waals surface area contributed by atoms with Gasteiger partial charge in [-0.05, 0) is 96.3 Å². The summed E-state index contributed by atoms with van der Waals surface area (Å²) in [5.74, 6) is -2.21. The fourth-order valence-electron chi connectivity index (χ4n) is 10.5. The van der Waals surface area contributed by atoms with Crippen molar-refractivity contribution in [1.29, 1.82) is 0 Å². The molecule has 0 fully saturated rings. The van der Waals surface area contributed by atoms with Crippen molar-refractivity contribution < 1.29 is 80.2 Å². The molecule has 0 aliphatic carbocycles. The van der Waals surface area contributed by atoms with Crippen LogP contribution in [-0.4, -0.2) is 96.7 Å². The molecule has 0 aliphatic rings. The van der Waals surface area contributed by atoms with Gasteiger partial charge in [0.15, 0.2) is 12.2 Å². The minimum absolute atomic E-state index is 0.0902. The molecule has 0 aromatic rings. The SMILES string of the molecule is CC/C=C\C/C=C\C/C=C\C/C=C\CCCCC(=O)OCC(COP(=O)(O)OCC(O)COP(=O)(O)OCC(COC(=O)CCCCCCCCC/C=C\C/C=C\C/C=C\CC)OC(=O)CCCCCCCCCCCCCCC)OC(=O)CCCCCCCCCCCCCCC. The maximum atomic E-state index is 13.1. The van der Waals surface area contributed by atoms with Gasteiger partial charge in [0.1, 0.15) is 19.3 Å². The van der Waals surface area contributed by atoms with Gasteiger partial charge in [-0.1, -0.05) is 299 Å². The van der Waals surface area contributed by atoms with Crippen molar-refractivity contribution >= 4 is 39.5 Å². The predicted molar refractivity (Wildman–Crippen MR) is 399 cm³/mol. The zero-order chi connectivity index (χ0) is 71.8. The first-order valence-corrected chi connectivity index (χ1v) is 41.8. The van der Waals surface area contributed by atoms with E-state index >= 15 is 0 Å². The number of aliphatic hydroxyl groups is 1. The van der Waals surface area contributed by atoms with Gasteiger partial charge in [-0.3, -0.25) is 37.3 Å². The number of hydrogen-bond donors (Lipinski definition) is 3. The Hall–Kier alpha value is -3.76. The second-order valence-corrected chi connectivity index (χ2v) is 28.8. The molecule has 568 valence electrons. The van der Waals surface area contributed by atoms with Crippen LogP contribution in [0.2, 0.25) is 0 Å². The smallest absolute Gasteiger partial charge is 0.462 e. The van der Waals surface area contributed by atoms with Crippen LogP contribution >= 0.6 is 15.6 Å². The van der Waals surface area contributed by atoms with Crippen LogP contribution in [0.4, 0.5) is 0 Å². The fourth-order valence-corrected chi connectivity index (χ4v) is 12.1. The molecule has 0 aliphatic heterocycles. The summed E-state index contributed by atoms with van der Waals surface area (Å²) >= 11 is 0. The van der Waals surface area contributed by atoms with Gasteiger partial charge in [0.2, 0.25) is 0 Å². The van der Waals surface area contributed by atoms with Crippen molar-refractivity contribution in [1.82, 2.24) is 0 Å². The number of carbonyl (C=O) groups is 4. The lowest BCUT2D eigenvalue weighted by atomic mass is 10.0. The molecule has 0 rings (SSSR count). The first kappa shape index (κ1) is 94.2. The Labute approximate surface area is 595 Å². The molecule has 0 spiro atoms. The molecule has 5 unspecified atom stereocenters. The minimum atomic E-state index is -4.98. The highest BCUT2D eigenvalue weighted by molar-refractivity contribution is 7.47. The Balaban J connectivity index is 5.34. The number of unbranched alkanes of at least 4 members (excludes halogenated alkanes) is 33. The monoisotopic (exact) mass is 1420 g/mol. The van der Waals surface area contributed by atoms with Crippen LogP contribution in [0.15, 0.2) is 85.1 Å². The van der Waals surface area contributed by atoms with Crippen LogP contribution in [0.1, 0.15) is 336 Å². The Morgan fingerprint density at radius 2 is 0.531 bits per heavy atom. The first-order valence-electron chi connectivity index (χ1n) is 38.8. The van der Waals surface area contributed by atoms with Gasteiger partial charge in [0, 0.05) is 25.7 Å². The number of hydrogen-bond acceptors (Lipinski definition) is 15. The molecule has 19 heteroatoms. The predicted octanol–water partition coefficient (Wildman–Crippen LogP) is 22.2. The van der Waals surface area contributed by atoms with E-state index in [-0.39, 0.29) is 25.7 Å². The molecular formula is C79H140O17P2. The summed E-state index contributed by atoms with van der Waals surface area (Å²) in [7, 11) is -9.95. The van der Waals surface area contributed by atoms with Gasteiger partial charge in [-0.2, -0.15) is 0 Å². The van der Waals surface area contributed by atoms with E-state index in [4.69, 9.17) is 37.0 Å².